The van der Waals surface area contributed by atoms with E-state index in [9.17, 15) is 0 Å². The van der Waals surface area contributed by atoms with Crippen LogP contribution in [0, 0.1) is 0 Å². The van der Waals surface area contributed by atoms with Gasteiger partial charge in [-0.3, -0.25) is 4.90 Å². The Balaban J connectivity index is 1.31. The first-order chi connectivity index (χ1) is 10.9. The van der Waals surface area contributed by atoms with E-state index in [2.05, 4.69) is 47.4 Å². The lowest BCUT2D eigenvalue weighted by atomic mass is 10.0. The molecule has 0 saturated heterocycles. The highest BCUT2D eigenvalue weighted by atomic mass is 16.5. The van der Waals surface area contributed by atoms with Gasteiger partial charge in [-0.1, -0.05) is 30.3 Å². The molecule has 2 nitrogen and oxygen atoms in total. The van der Waals surface area contributed by atoms with Gasteiger partial charge in [0, 0.05) is 19.6 Å². The van der Waals surface area contributed by atoms with Crippen molar-refractivity contribution in [3.05, 3.63) is 64.7 Å². The molecule has 0 N–H and O–H groups in total. The molecule has 2 aromatic rings. The van der Waals surface area contributed by atoms with Gasteiger partial charge in [-0.2, -0.15) is 0 Å². The minimum absolute atomic E-state index is 0.779. The predicted octanol–water partition coefficient (Wildman–Crippen LogP) is 3.61. The van der Waals surface area contributed by atoms with Crippen LogP contribution in [0.5, 0.6) is 5.75 Å². The van der Waals surface area contributed by atoms with Gasteiger partial charge in [-0.15, -0.1) is 0 Å². The van der Waals surface area contributed by atoms with Crippen molar-refractivity contribution >= 4 is 0 Å². The maximum atomic E-state index is 5.98. The van der Waals surface area contributed by atoms with E-state index < -0.39 is 0 Å². The van der Waals surface area contributed by atoms with Gasteiger partial charge in [-0.05, 0) is 60.1 Å². The zero-order chi connectivity index (χ0) is 14.8. The minimum atomic E-state index is 0.779. The number of fused-ring (bicyclic) bond motifs is 2. The lowest BCUT2D eigenvalue weighted by Crippen LogP contribution is -2.33. The topological polar surface area (TPSA) is 12.5 Å². The Morgan fingerprint density at radius 1 is 0.864 bits per heavy atom. The fraction of sp³-hybridized carbons (Fsp3) is 0.400. The molecule has 1 heterocycles. The Labute approximate surface area is 132 Å². The van der Waals surface area contributed by atoms with Crippen LogP contribution in [0.15, 0.2) is 42.5 Å². The molecule has 22 heavy (non-hydrogen) atoms. The highest BCUT2D eigenvalue weighted by Gasteiger charge is 2.15. The van der Waals surface area contributed by atoms with Crippen molar-refractivity contribution in [2.24, 2.45) is 0 Å². The average molecular weight is 293 g/mol. The van der Waals surface area contributed by atoms with E-state index in [4.69, 9.17) is 4.74 Å². The quantitative estimate of drug-likeness (QED) is 0.854. The molecule has 1 aliphatic carbocycles. The monoisotopic (exact) mass is 293 g/mol. The van der Waals surface area contributed by atoms with Gasteiger partial charge in [0.1, 0.15) is 12.4 Å². The van der Waals surface area contributed by atoms with Crippen LogP contribution < -0.4 is 4.74 Å². The molecular formula is C20H23NO. The van der Waals surface area contributed by atoms with E-state index >= 15 is 0 Å². The minimum Gasteiger partial charge on any atom is -0.492 e. The summed E-state index contributed by atoms with van der Waals surface area (Å²) in [7, 11) is 0. The molecule has 0 aromatic heterocycles. The van der Waals surface area contributed by atoms with Crippen LogP contribution in [-0.2, 0) is 25.8 Å². The summed E-state index contributed by atoms with van der Waals surface area (Å²) in [5.74, 6) is 1.04. The molecule has 0 atom stereocenters. The normalized spacial score (nSPS) is 17.1. The molecule has 0 spiro atoms. The molecule has 0 amide bonds. The molecule has 0 radical (unpaired) electrons. The highest BCUT2D eigenvalue weighted by molar-refractivity contribution is 5.38. The van der Waals surface area contributed by atoms with Gasteiger partial charge < -0.3 is 4.74 Å². The SMILES string of the molecule is c1ccc2c(c1)CCN(CCOc1ccc3c(c1)CCC3)C2. The van der Waals surface area contributed by atoms with E-state index in [0.717, 1.165) is 38.4 Å². The smallest absolute Gasteiger partial charge is 0.119 e. The Morgan fingerprint density at radius 2 is 1.68 bits per heavy atom. The van der Waals surface area contributed by atoms with Gasteiger partial charge in [0.25, 0.3) is 0 Å². The second-order valence-corrected chi connectivity index (χ2v) is 6.43. The zero-order valence-corrected chi connectivity index (χ0v) is 13.1. The second-order valence-electron chi connectivity index (χ2n) is 6.43. The van der Waals surface area contributed by atoms with Crippen LogP contribution in [0.4, 0.5) is 0 Å². The third kappa shape index (κ3) is 2.89. The summed E-state index contributed by atoms with van der Waals surface area (Å²) < 4.78 is 5.98. The first-order valence-electron chi connectivity index (χ1n) is 8.42. The predicted molar refractivity (Wildman–Crippen MR) is 89.4 cm³/mol. The van der Waals surface area contributed by atoms with Crippen molar-refractivity contribution in [1.82, 2.24) is 4.90 Å². The Hall–Kier alpha value is -1.80. The number of aryl methyl sites for hydroxylation is 2. The van der Waals surface area contributed by atoms with Crippen molar-refractivity contribution < 1.29 is 4.74 Å². The van der Waals surface area contributed by atoms with Gasteiger partial charge >= 0.3 is 0 Å². The summed E-state index contributed by atoms with van der Waals surface area (Å²) in [5.41, 5.74) is 5.99. The van der Waals surface area contributed by atoms with E-state index in [-0.39, 0.29) is 0 Å². The van der Waals surface area contributed by atoms with Gasteiger partial charge in [0.15, 0.2) is 0 Å². The third-order valence-electron chi connectivity index (χ3n) is 4.96. The summed E-state index contributed by atoms with van der Waals surface area (Å²) in [5, 5.41) is 0. The van der Waals surface area contributed by atoms with Gasteiger partial charge in [0.05, 0.1) is 0 Å². The molecule has 1 aliphatic heterocycles. The number of rotatable bonds is 4. The van der Waals surface area contributed by atoms with Crippen molar-refractivity contribution in [3.63, 3.8) is 0 Å². The third-order valence-corrected chi connectivity index (χ3v) is 4.96. The molecule has 114 valence electrons. The Bertz CT molecular complexity index is 665. The van der Waals surface area contributed by atoms with Crippen molar-refractivity contribution in [3.8, 4) is 5.75 Å². The lowest BCUT2D eigenvalue weighted by Gasteiger charge is -2.28. The van der Waals surface area contributed by atoms with E-state index in [1.807, 2.05) is 0 Å². The largest absolute Gasteiger partial charge is 0.492 e. The summed E-state index contributed by atoms with van der Waals surface area (Å²) in [6.07, 6.45) is 4.92. The maximum Gasteiger partial charge on any atom is 0.119 e. The summed E-state index contributed by atoms with van der Waals surface area (Å²) in [6, 6.07) is 15.4. The molecule has 2 aromatic carbocycles. The molecule has 2 aliphatic rings. The zero-order valence-electron chi connectivity index (χ0n) is 13.1. The van der Waals surface area contributed by atoms with Crippen molar-refractivity contribution in [1.29, 1.82) is 0 Å². The number of hydrogen-bond acceptors (Lipinski definition) is 2. The van der Waals surface area contributed by atoms with Crippen LogP contribution in [0.1, 0.15) is 28.7 Å². The van der Waals surface area contributed by atoms with Crippen LogP contribution >= 0.6 is 0 Å². The first-order valence-corrected chi connectivity index (χ1v) is 8.42. The molecule has 0 saturated carbocycles. The second kappa shape index (κ2) is 6.13. The number of nitrogens with zero attached hydrogens (tertiary/aromatic N) is 1. The molecule has 2 heteroatoms. The van der Waals surface area contributed by atoms with Crippen LogP contribution in [0.2, 0.25) is 0 Å². The Morgan fingerprint density at radius 3 is 2.64 bits per heavy atom. The lowest BCUT2D eigenvalue weighted by molar-refractivity contribution is 0.196. The van der Waals surface area contributed by atoms with E-state index in [1.165, 1.54) is 41.5 Å². The van der Waals surface area contributed by atoms with E-state index in [0.29, 0.717) is 0 Å². The Kier molecular flexibility index (Phi) is 3.86. The summed E-state index contributed by atoms with van der Waals surface area (Å²) in [6.45, 7) is 3.99. The average Bonchev–Trinajstić information content (AvgIpc) is 3.02. The highest BCUT2D eigenvalue weighted by Crippen LogP contribution is 2.26. The van der Waals surface area contributed by atoms with Crippen LogP contribution in [0.3, 0.4) is 0 Å². The van der Waals surface area contributed by atoms with Crippen LogP contribution in [-0.4, -0.2) is 24.6 Å². The van der Waals surface area contributed by atoms with Crippen molar-refractivity contribution in [2.45, 2.75) is 32.2 Å². The molecule has 0 fully saturated rings. The fourth-order valence-electron chi connectivity index (χ4n) is 3.68. The standard InChI is InChI=1S/C20H23NO/c1-2-5-19-15-21(11-10-17(19)4-1)12-13-22-20-9-8-16-6-3-7-18(16)14-20/h1-2,4-5,8-9,14H,3,6-7,10-13,15H2. The van der Waals surface area contributed by atoms with Gasteiger partial charge in [0.2, 0.25) is 0 Å². The maximum absolute atomic E-state index is 5.98. The van der Waals surface area contributed by atoms with Gasteiger partial charge in [-0.25, -0.2) is 0 Å². The van der Waals surface area contributed by atoms with Crippen molar-refractivity contribution in [2.75, 3.05) is 19.7 Å². The molecule has 0 bridgehead atoms. The summed E-state index contributed by atoms with van der Waals surface area (Å²) in [4.78, 5) is 2.50. The number of hydrogen-bond donors (Lipinski definition) is 0. The van der Waals surface area contributed by atoms with Crippen LogP contribution in [0.25, 0.3) is 0 Å². The van der Waals surface area contributed by atoms with E-state index in [1.54, 1.807) is 0 Å². The first kappa shape index (κ1) is 13.8. The number of ether oxygens (including phenoxy) is 1. The number of benzene rings is 2. The summed E-state index contributed by atoms with van der Waals surface area (Å²) >= 11 is 0. The molecular weight excluding hydrogens is 270 g/mol. The molecule has 0 unspecified atom stereocenters. The fourth-order valence-corrected chi connectivity index (χ4v) is 3.68. The molecule has 4 rings (SSSR count).